The van der Waals surface area contributed by atoms with E-state index in [9.17, 15) is 4.79 Å². The summed E-state index contributed by atoms with van der Waals surface area (Å²) in [6.45, 7) is 5.52. The van der Waals surface area contributed by atoms with E-state index in [-0.39, 0.29) is 11.9 Å². The number of nitrogens with zero attached hydrogens (tertiary/aromatic N) is 3. The molecule has 0 spiro atoms. The van der Waals surface area contributed by atoms with Gasteiger partial charge in [-0.05, 0) is 48.6 Å². The van der Waals surface area contributed by atoms with Crippen molar-refractivity contribution in [1.29, 1.82) is 0 Å². The Bertz CT molecular complexity index is 1220. The van der Waals surface area contributed by atoms with E-state index in [4.69, 9.17) is 0 Å². The zero-order valence-electron chi connectivity index (χ0n) is 18.1. The van der Waals surface area contributed by atoms with Crippen molar-refractivity contribution >= 4 is 16.8 Å². The van der Waals surface area contributed by atoms with Crippen molar-refractivity contribution in [3.63, 3.8) is 0 Å². The molecule has 2 aromatic heterocycles. The van der Waals surface area contributed by atoms with Crippen LogP contribution in [0.3, 0.4) is 0 Å². The number of aryl methyl sites for hydroxylation is 3. The predicted octanol–water partition coefficient (Wildman–Crippen LogP) is 4.80. The highest BCUT2D eigenvalue weighted by Crippen LogP contribution is 2.38. The van der Waals surface area contributed by atoms with E-state index in [1.54, 1.807) is 6.20 Å². The lowest BCUT2D eigenvalue weighted by molar-refractivity contribution is -0.133. The Labute approximate surface area is 182 Å². The highest BCUT2D eigenvalue weighted by Gasteiger charge is 2.34. The molecular formula is C26H28N4O. The first-order valence-corrected chi connectivity index (χ1v) is 11.1. The number of nitrogens with one attached hydrogen (secondary N) is 1. The summed E-state index contributed by atoms with van der Waals surface area (Å²) in [5, 5.41) is 5.60. The number of para-hydroxylation sites is 1. The molecule has 1 amide bonds. The maximum Gasteiger partial charge on any atom is 0.225 e. The fraction of sp³-hybridized carbons (Fsp3) is 0.308. The number of benzene rings is 2. The van der Waals surface area contributed by atoms with Gasteiger partial charge in [-0.15, -0.1) is 0 Å². The van der Waals surface area contributed by atoms with Gasteiger partial charge in [0.15, 0.2) is 0 Å². The number of hydrogen-bond acceptors (Lipinski definition) is 2. The summed E-state index contributed by atoms with van der Waals surface area (Å²) in [6, 6.07) is 19.1. The van der Waals surface area contributed by atoms with Gasteiger partial charge in [0.2, 0.25) is 5.91 Å². The monoisotopic (exact) mass is 412 g/mol. The van der Waals surface area contributed by atoms with E-state index in [1.165, 1.54) is 16.5 Å². The summed E-state index contributed by atoms with van der Waals surface area (Å²) in [6.07, 6.45) is 4.11. The Morgan fingerprint density at radius 3 is 2.68 bits per heavy atom. The van der Waals surface area contributed by atoms with Crippen molar-refractivity contribution in [3.8, 4) is 0 Å². The third-order valence-electron chi connectivity index (χ3n) is 6.52. The summed E-state index contributed by atoms with van der Waals surface area (Å²) in [5.41, 5.74) is 7.18. The molecule has 2 aromatic carbocycles. The lowest BCUT2D eigenvalue weighted by Crippen LogP contribution is -2.41. The molecule has 1 aliphatic rings. The molecule has 1 N–H and O–H groups in total. The van der Waals surface area contributed by atoms with E-state index >= 15 is 0 Å². The smallest absolute Gasteiger partial charge is 0.225 e. The average Bonchev–Trinajstić information content (AvgIpc) is 3.39. The molecule has 0 unspecified atom stereocenters. The van der Waals surface area contributed by atoms with Gasteiger partial charge in [-0.3, -0.25) is 9.48 Å². The van der Waals surface area contributed by atoms with Crippen LogP contribution in [0.1, 0.15) is 47.5 Å². The molecule has 1 atom stereocenters. The number of carbonyl (C=O) groups excluding carboxylic acids is 1. The molecule has 4 aromatic rings. The minimum atomic E-state index is -0.0896. The van der Waals surface area contributed by atoms with Crippen molar-refractivity contribution < 1.29 is 4.79 Å². The van der Waals surface area contributed by atoms with Gasteiger partial charge in [0.1, 0.15) is 0 Å². The van der Waals surface area contributed by atoms with E-state index in [0.717, 1.165) is 41.9 Å². The molecule has 31 heavy (non-hydrogen) atoms. The van der Waals surface area contributed by atoms with Crippen LogP contribution in [0.15, 0.2) is 60.8 Å². The van der Waals surface area contributed by atoms with Crippen LogP contribution in [0, 0.1) is 6.92 Å². The number of rotatable bonds is 5. The van der Waals surface area contributed by atoms with E-state index in [0.29, 0.717) is 13.0 Å². The molecule has 5 rings (SSSR count). The summed E-state index contributed by atoms with van der Waals surface area (Å²) in [4.78, 5) is 19.1. The normalized spacial score (nSPS) is 15.9. The third kappa shape index (κ3) is 3.54. The van der Waals surface area contributed by atoms with Crippen molar-refractivity contribution in [2.24, 2.45) is 0 Å². The van der Waals surface area contributed by atoms with Crippen LogP contribution in [0.2, 0.25) is 0 Å². The number of carbonyl (C=O) groups is 1. The fourth-order valence-corrected chi connectivity index (χ4v) is 4.77. The summed E-state index contributed by atoms with van der Waals surface area (Å²) < 4.78 is 1.90. The molecule has 0 bridgehead atoms. The van der Waals surface area contributed by atoms with E-state index in [1.807, 2.05) is 17.7 Å². The molecular weight excluding hydrogens is 384 g/mol. The molecule has 0 saturated heterocycles. The van der Waals surface area contributed by atoms with Gasteiger partial charge in [-0.1, -0.05) is 49.4 Å². The van der Waals surface area contributed by atoms with Gasteiger partial charge in [0, 0.05) is 48.0 Å². The van der Waals surface area contributed by atoms with Gasteiger partial charge in [-0.2, -0.15) is 5.10 Å². The second kappa shape index (κ2) is 8.06. The van der Waals surface area contributed by atoms with Crippen molar-refractivity contribution in [2.45, 2.75) is 45.7 Å². The Balaban J connectivity index is 1.51. The van der Waals surface area contributed by atoms with Gasteiger partial charge in [0.25, 0.3) is 0 Å². The average molecular weight is 413 g/mol. The fourth-order valence-electron chi connectivity index (χ4n) is 4.77. The molecule has 0 radical (unpaired) electrons. The number of H-pyrrole nitrogens is 1. The number of hydrogen-bond donors (Lipinski definition) is 1. The van der Waals surface area contributed by atoms with Crippen molar-refractivity contribution in [2.75, 3.05) is 6.54 Å². The summed E-state index contributed by atoms with van der Waals surface area (Å²) >= 11 is 0. The zero-order chi connectivity index (χ0) is 21.4. The van der Waals surface area contributed by atoms with Gasteiger partial charge in [-0.25, -0.2) is 0 Å². The van der Waals surface area contributed by atoms with Gasteiger partial charge in [0.05, 0.1) is 6.04 Å². The molecule has 3 heterocycles. The second-order valence-electron chi connectivity index (χ2n) is 8.34. The standard InChI is InChI=1S/C26H28N4O/c1-3-19-8-10-20(11-9-19)26-25-22(21-6-4-5-7-23(21)28-25)13-16-29(26)24(31)14-17-30-18(2)12-15-27-30/h4-12,15,26,28H,3,13-14,16-17H2,1-2H3/t26-/m1/s1. The van der Waals surface area contributed by atoms with Crippen LogP contribution in [-0.4, -0.2) is 32.1 Å². The lowest BCUT2D eigenvalue weighted by Gasteiger charge is -2.36. The summed E-state index contributed by atoms with van der Waals surface area (Å²) in [7, 11) is 0. The zero-order valence-corrected chi connectivity index (χ0v) is 18.1. The summed E-state index contributed by atoms with van der Waals surface area (Å²) in [5.74, 6) is 0.170. The Morgan fingerprint density at radius 1 is 1.13 bits per heavy atom. The molecule has 0 saturated carbocycles. The number of aromatic amines is 1. The molecule has 0 fully saturated rings. The quantitative estimate of drug-likeness (QED) is 0.512. The van der Waals surface area contributed by atoms with Crippen LogP contribution in [0.4, 0.5) is 0 Å². The number of aromatic nitrogens is 3. The highest BCUT2D eigenvalue weighted by atomic mass is 16.2. The van der Waals surface area contributed by atoms with Gasteiger partial charge >= 0.3 is 0 Å². The van der Waals surface area contributed by atoms with Crippen LogP contribution in [-0.2, 0) is 24.2 Å². The SMILES string of the molecule is CCc1ccc([C@@H]2c3[nH]c4ccccc4c3CCN2C(=O)CCn2nccc2C)cc1. The molecule has 1 aliphatic heterocycles. The third-order valence-corrected chi connectivity index (χ3v) is 6.52. The molecule has 158 valence electrons. The lowest BCUT2D eigenvalue weighted by atomic mass is 9.91. The van der Waals surface area contributed by atoms with Crippen molar-refractivity contribution in [3.05, 3.63) is 88.9 Å². The topological polar surface area (TPSA) is 53.9 Å². The Morgan fingerprint density at radius 2 is 1.94 bits per heavy atom. The molecule has 5 nitrogen and oxygen atoms in total. The largest absolute Gasteiger partial charge is 0.356 e. The van der Waals surface area contributed by atoms with Gasteiger partial charge < -0.3 is 9.88 Å². The molecule has 5 heteroatoms. The number of amides is 1. The van der Waals surface area contributed by atoms with Crippen molar-refractivity contribution in [1.82, 2.24) is 19.7 Å². The maximum absolute atomic E-state index is 13.4. The Hall–Kier alpha value is -3.34. The first-order chi connectivity index (χ1) is 15.2. The minimum Gasteiger partial charge on any atom is -0.356 e. The van der Waals surface area contributed by atoms with Crippen LogP contribution in [0.5, 0.6) is 0 Å². The van der Waals surface area contributed by atoms with E-state index < -0.39 is 0 Å². The predicted molar refractivity (Wildman–Crippen MR) is 123 cm³/mol. The second-order valence-corrected chi connectivity index (χ2v) is 8.34. The van der Waals surface area contributed by atoms with Crippen LogP contribution in [0.25, 0.3) is 10.9 Å². The Kier molecular flexibility index (Phi) is 5.10. The highest BCUT2D eigenvalue weighted by molar-refractivity contribution is 5.86. The number of fused-ring (bicyclic) bond motifs is 3. The van der Waals surface area contributed by atoms with Crippen LogP contribution >= 0.6 is 0 Å². The maximum atomic E-state index is 13.4. The first-order valence-electron chi connectivity index (χ1n) is 11.1. The van der Waals surface area contributed by atoms with Crippen LogP contribution < -0.4 is 0 Å². The molecule has 0 aliphatic carbocycles. The minimum absolute atomic E-state index is 0.0896. The first kappa shape index (κ1) is 19.6. The van der Waals surface area contributed by atoms with E-state index in [2.05, 4.69) is 70.4 Å².